The number of anilines is 9. The zero-order chi connectivity index (χ0) is 88.5. The van der Waals surface area contributed by atoms with Crippen LogP contribution < -0.4 is 31.1 Å². The molecule has 0 radical (unpaired) electrons. The molecule has 1 aromatic heterocycles. The van der Waals surface area contributed by atoms with Gasteiger partial charge < -0.3 is 19.3 Å². The van der Waals surface area contributed by atoms with Crippen LogP contribution in [0.3, 0.4) is 0 Å². The Hall–Kier alpha value is -12.4. The largest absolute Gasteiger partial charge is 0.311 e. The lowest BCUT2D eigenvalue weighted by atomic mass is 9.33. The number of rotatable bonds is 12. The second-order valence-electron chi connectivity index (χ2n) is 30.9. The minimum absolute atomic E-state index is 0.00715. The van der Waals surface area contributed by atoms with Crippen molar-refractivity contribution in [2.75, 3.05) is 14.7 Å². The van der Waals surface area contributed by atoms with E-state index in [1.54, 1.807) is 29.2 Å². The van der Waals surface area contributed by atoms with Gasteiger partial charge in [-0.3, -0.25) is 0 Å². The van der Waals surface area contributed by atoms with Gasteiger partial charge in [0.2, 0.25) is 0 Å². The van der Waals surface area contributed by atoms with Crippen LogP contribution in [-0.4, -0.2) is 11.3 Å². The van der Waals surface area contributed by atoms with Crippen LogP contribution in [0.25, 0.3) is 94.3 Å². The molecule has 516 valence electrons. The SMILES string of the molecule is [2H]c1c([2H])c([2H])c(-c2ccc3c(c2)N(c2cc(-c4ccccc4)cc(-c4ccccc4)c2)c2cc(-c4cc(C(C)(C)C)cc(C(C)(C)C)c4)cc4c2B3c2ccc(N(c3ccc(-n5c6c([2H])c([2H])c([2H])c([2H])c6c6c([2H])c([2H])c([2H])c([2H])c65)cc3)c3c([2H])c([2H])c([2H])c([2H])c3[2H])cc2N4c2c(-c3ccccc3)cc(C(C)(C)C)cc2-c2ccccc2)c([2H])c1[2H]. The fourth-order valence-electron chi connectivity index (χ4n) is 15.5. The molecule has 0 spiro atoms. The van der Waals surface area contributed by atoms with Gasteiger partial charge in [0.25, 0.3) is 6.71 Å². The molecule has 0 bridgehead atoms. The van der Waals surface area contributed by atoms with Crippen LogP contribution in [0.4, 0.5) is 51.2 Å². The van der Waals surface area contributed by atoms with Gasteiger partial charge in [0.1, 0.15) is 0 Å². The van der Waals surface area contributed by atoms with Gasteiger partial charge in [-0.1, -0.05) is 305 Å². The number of benzene rings is 15. The van der Waals surface area contributed by atoms with Crippen LogP contribution in [0.5, 0.6) is 0 Å². The van der Waals surface area contributed by atoms with Crippen LogP contribution in [0.1, 0.15) is 104 Å². The Kier molecular flexibility index (Phi) is 12.1. The zero-order valence-corrected chi connectivity index (χ0v) is 61.0. The molecule has 0 saturated carbocycles. The molecule has 16 aromatic rings. The summed E-state index contributed by atoms with van der Waals surface area (Å²) in [6.07, 6.45) is 0. The molecule has 15 aromatic carbocycles. The Morgan fingerprint density at radius 3 is 1.23 bits per heavy atom. The monoisotopic (exact) mass is 1390 g/mol. The number of aromatic nitrogens is 1. The van der Waals surface area contributed by atoms with Crippen LogP contribution in [0.2, 0.25) is 0 Å². The lowest BCUT2D eigenvalue weighted by Crippen LogP contribution is -2.61. The maximum Gasteiger partial charge on any atom is 0.252 e. The predicted molar refractivity (Wildman–Crippen MR) is 458 cm³/mol. The Balaban J connectivity index is 1.02. The molecule has 18 rings (SSSR count). The number of hydrogen-bond donors (Lipinski definition) is 0. The van der Waals surface area contributed by atoms with E-state index >= 15 is 0 Å². The van der Waals surface area contributed by atoms with Gasteiger partial charge in [-0.15, -0.1) is 0 Å². The van der Waals surface area contributed by atoms with E-state index in [0.29, 0.717) is 22.6 Å². The molecule has 2 aliphatic heterocycles. The van der Waals surface area contributed by atoms with Gasteiger partial charge in [-0.2, -0.15) is 0 Å². The lowest BCUT2D eigenvalue weighted by molar-refractivity contribution is 0.569. The summed E-state index contributed by atoms with van der Waals surface area (Å²) >= 11 is 0. The molecule has 0 fully saturated rings. The van der Waals surface area contributed by atoms with Crippen LogP contribution in [-0.2, 0) is 16.2 Å². The minimum Gasteiger partial charge on any atom is -0.311 e. The summed E-state index contributed by atoms with van der Waals surface area (Å²) in [6.45, 7) is 19.2. The molecule has 0 atom stereocenters. The van der Waals surface area contributed by atoms with E-state index in [0.717, 1.165) is 111 Å². The highest BCUT2D eigenvalue weighted by atomic mass is 15.2. The molecule has 5 heteroatoms. The smallest absolute Gasteiger partial charge is 0.252 e. The zero-order valence-electron chi connectivity index (χ0n) is 79.0. The van der Waals surface area contributed by atoms with Crippen molar-refractivity contribution in [1.29, 1.82) is 0 Å². The molecule has 0 aliphatic carbocycles. The van der Waals surface area contributed by atoms with Crippen molar-refractivity contribution in [2.45, 2.75) is 78.6 Å². The van der Waals surface area contributed by atoms with Crippen molar-refractivity contribution in [3.63, 3.8) is 0 Å². The van der Waals surface area contributed by atoms with E-state index in [1.165, 1.54) is 4.57 Å². The highest BCUT2D eigenvalue weighted by Crippen LogP contribution is 2.55. The van der Waals surface area contributed by atoms with E-state index in [1.807, 2.05) is 109 Å². The molecule has 0 amide bonds. The Bertz CT molecular complexity index is 6920. The third-order valence-electron chi connectivity index (χ3n) is 21.0. The van der Waals surface area contributed by atoms with Crippen molar-refractivity contribution in [1.82, 2.24) is 4.57 Å². The molecular weight excluding hydrogens is 1290 g/mol. The number of para-hydroxylation sites is 3. The summed E-state index contributed by atoms with van der Waals surface area (Å²) in [5.41, 5.74) is 18.2. The Labute approximate surface area is 656 Å². The van der Waals surface area contributed by atoms with Gasteiger partial charge in [-0.05, 0) is 214 Å². The molecule has 2 aliphatic rings. The maximum absolute atomic E-state index is 10.0. The average Bonchev–Trinajstić information content (AvgIpc) is 1.12. The standard InChI is InChI=1S/C102H85BN4/c1-100(2,3)78-57-76(58-79(64-78)101(4,5)6)77-62-96-98-97(63-77)107(99-88(71-38-22-13-23-39-71)65-80(102(7,8)9)66-89(99)72-40-24-14-25-41-72)95-67-84(104(81-42-26-15-27-43-81)82-49-51-83(52-50-82)105-92-46-30-28-44-86(92)87-45-29-31-47-93(87)105)53-55-91(95)103(98)90-54-48-73(68-32-16-10-17-33-68)61-94(90)106(96)85-59-74(69-34-18-11-19-35-69)56-75(60-85)70-36-20-12-21-37-70/h10-67H,1-9H3/i10D,15D,16D,17D,26D,27D,28D,29D,30D,31D,32D,33D,42D,43D,44D,45D,46D,47D. The first kappa shape index (κ1) is 49.3. The Morgan fingerprint density at radius 2 is 0.710 bits per heavy atom. The number of hydrogen-bond acceptors (Lipinski definition) is 3. The van der Waals surface area contributed by atoms with Crippen molar-refractivity contribution in [3.05, 3.63) is 368 Å². The second kappa shape index (κ2) is 26.3. The summed E-state index contributed by atoms with van der Waals surface area (Å²) < 4.78 is 169. The van der Waals surface area contributed by atoms with Gasteiger partial charge in [0, 0.05) is 73.1 Å². The summed E-state index contributed by atoms with van der Waals surface area (Å²) in [4.78, 5) is 6.25. The van der Waals surface area contributed by atoms with Crippen LogP contribution in [0, 0.1) is 0 Å². The summed E-state index contributed by atoms with van der Waals surface area (Å²) in [7, 11) is 0. The predicted octanol–water partition coefficient (Wildman–Crippen LogP) is 26.2. The van der Waals surface area contributed by atoms with Crippen molar-refractivity contribution in [3.8, 4) is 72.4 Å². The van der Waals surface area contributed by atoms with Crippen LogP contribution >= 0.6 is 0 Å². The van der Waals surface area contributed by atoms with Gasteiger partial charge in [-0.25, -0.2) is 0 Å². The van der Waals surface area contributed by atoms with E-state index < -0.39 is 109 Å². The number of fused-ring (bicyclic) bond motifs is 7. The number of nitrogens with zero attached hydrogens (tertiary/aromatic N) is 4. The Morgan fingerprint density at radius 1 is 0.290 bits per heavy atom. The molecule has 4 nitrogen and oxygen atoms in total. The summed E-state index contributed by atoms with van der Waals surface area (Å²) in [6, 6.07) is 72.2. The van der Waals surface area contributed by atoms with E-state index in [2.05, 4.69) is 181 Å². The molecular formula is C102H85BN4. The third kappa shape index (κ3) is 12.0. The fourth-order valence-corrected chi connectivity index (χ4v) is 15.5. The second-order valence-corrected chi connectivity index (χ2v) is 30.9. The van der Waals surface area contributed by atoms with Crippen LogP contribution in [0.15, 0.2) is 351 Å². The van der Waals surface area contributed by atoms with E-state index in [4.69, 9.17) is 11.0 Å². The third-order valence-corrected chi connectivity index (χ3v) is 21.0. The minimum atomic E-state index is -0.747. The van der Waals surface area contributed by atoms with Crippen molar-refractivity contribution >= 4 is 96.1 Å². The van der Waals surface area contributed by atoms with E-state index in [9.17, 15) is 13.7 Å². The molecule has 0 unspecified atom stereocenters. The van der Waals surface area contributed by atoms with Crippen molar-refractivity contribution < 1.29 is 24.7 Å². The lowest BCUT2D eigenvalue weighted by Gasteiger charge is -2.46. The van der Waals surface area contributed by atoms with E-state index in [-0.39, 0.29) is 67.3 Å². The molecule has 0 saturated heterocycles. The summed E-state index contributed by atoms with van der Waals surface area (Å²) in [5.74, 6) is 0. The first-order valence-corrected chi connectivity index (χ1v) is 36.3. The van der Waals surface area contributed by atoms with Gasteiger partial charge in [0.15, 0.2) is 0 Å². The normalized spacial score (nSPS) is 15.0. The van der Waals surface area contributed by atoms with Gasteiger partial charge >= 0.3 is 0 Å². The molecule has 0 N–H and O–H groups in total. The fraction of sp³-hybridized carbons (Fsp3) is 0.118. The first-order chi connectivity index (χ1) is 59.4. The first-order valence-electron chi connectivity index (χ1n) is 45.3. The molecule has 107 heavy (non-hydrogen) atoms. The average molecular weight is 1400 g/mol. The van der Waals surface area contributed by atoms with Crippen molar-refractivity contribution in [2.24, 2.45) is 0 Å². The highest BCUT2D eigenvalue weighted by molar-refractivity contribution is 7.00. The maximum atomic E-state index is 10.0. The quantitative estimate of drug-likeness (QED) is 0.113. The summed E-state index contributed by atoms with van der Waals surface area (Å²) in [5, 5.41) is -0.238. The molecule has 3 heterocycles. The van der Waals surface area contributed by atoms with Gasteiger partial charge in [0.05, 0.1) is 41.4 Å². The topological polar surface area (TPSA) is 14.7 Å². The highest BCUT2D eigenvalue weighted by Gasteiger charge is 2.46.